The standard InChI is InChI=1S/C13H7Br2.C6H10.C5H5.2ClH.Zr/c14-10-3-1-8-5-9-2-4-11(15)7-13(9)12(8)6-10;1-2-4-6-5-3-1;1-2-4-5-3-1;;;/h1-7H;1-5H2;1-3H,4H2;2*1H;/q;;;;;+2/p-2. The Bertz CT molecular complexity index is 964. The predicted octanol–water partition coefficient (Wildman–Crippen LogP) is 1.89. The molecule has 2 aromatic rings. The monoisotopic (exact) mass is 628 g/mol. The van der Waals surface area contributed by atoms with Gasteiger partial charge < -0.3 is 24.8 Å². The molecule has 0 heterocycles. The van der Waals surface area contributed by atoms with E-state index in [1.54, 1.807) is 11.1 Å². The van der Waals surface area contributed by atoms with Crippen LogP contribution in [0.2, 0.25) is 0 Å². The van der Waals surface area contributed by atoms with Crippen molar-refractivity contribution in [3.05, 3.63) is 78.0 Å². The summed E-state index contributed by atoms with van der Waals surface area (Å²) in [7, 11) is 0. The van der Waals surface area contributed by atoms with Crippen molar-refractivity contribution in [3.8, 4) is 11.1 Å². The maximum absolute atomic E-state index is 3.71. The number of rotatable bonds is 2. The second kappa shape index (κ2) is 10.2. The summed E-state index contributed by atoms with van der Waals surface area (Å²) in [5.41, 5.74) is 6.08. The fraction of sp³-hybridized carbons (Fsp3) is 0.292. The molecule has 0 amide bonds. The minimum Gasteiger partial charge on any atom is -1.00 e. The van der Waals surface area contributed by atoms with Gasteiger partial charge in [0.25, 0.3) is 0 Å². The van der Waals surface area contributed by atoms with Crippen molar-refractivity contribution >= 4 is 35.1 Å². The van der Waals surface area contributed by atoms with E-state index >= 15 is 0 Å². The first-order valence-corrected chi connectivity index (χ1v) is 15.4. The minimum atomic E-state index is -1.98. The van der Waals surface area contributed by atoms with Gasteiger partial charge in [-0.25, -0.2) is 0 Å². The first-order valence-electron chi connectivity index (χ1n) is 9.89. The fourth-order valence-corrected chi connectivity index (χ4v) is 15.2. The Kier molecular flexibility index (Phi) is 8.41. The third-order valence-corrected chi connectivity index (χ3v) is 15.8. The summed E-state index contributed by atoms with van der Waals surface area (Å²) < 4.78 is 6.81. The molecule has 0 unspecified atom stereocenters. The number of benzene rings is 2. The molecule has 0 nitrogen and oxygen atoms in total. The molecule has 1 saturated carbocycles. The summed E-state index contributed by atoms with van der Waals surface area (Å²) in [5, 5.41) is 0. The zero-order valence-electron chi connectivity index (χ0n) is 16.0. The Balaban J connectivity index is 0.00000120. The van der Waals surface area contributed by atoms with E-state index in [2.05, 4.69) is 86.5 Å². The van der Waals surface area contributed by atoms with E-state index < -0.39 is 21.3 Å². The molecule has 0 aromatic heterocycles. The normalized spacial score (nSPS) is 16.9. The third-order valence-electron chi connectivity index (χ3n) is 6.19. The fourth-order valence-electron chi connectivity index (χ4n) is 5.02. The molecule has 0 aliphatic heterocycles. The first-order chi connectivity index (χ1) is 13.2. The van der Waals surface area contributed by atoms with Crippen LogP contribution in [0.3, 0.4) is 0 Å². The zero-order chi connectivity index (χ0) is 18.4. The Hall–Kier alpha value is 0.213. The van der Waals surface area contributed by atoms with Crippen LogP contribution in [-0.2, 0) is 21.3 Å². The molecule has 3 aliphatic rings. The Morgan fingerprint density at radius 1 is 0.793 bits per heavy atom. The minimum absolute atomic E-state index is 0. The first kappa shape index (κ1) is 23.9. The molecule has 5 heteroatoms. The third kappa shape index (κ3) is 4.56. The van der Waals surface area contributed by atoms with Gasteiger partial charge in [-0.05, 0) is 0 Å². The van der Waals surface area contributed by atoms with E-state index in [0.29, 0.717) is 3.63 Å². The Labute approximate surface area is 210 Å². The summed E-state index contributed by atoms with van der Waals surface area (Å²) in [4.78, 5) is 0. The van der Waals surface area contributed by atoms with Gasteiger partial charge in [-0.15, -0.1) is 0 Å². The van der Waals surface area contributed by atoms with E-state index in [0.717, 1.165) is 0 Å². The van der Waals surface area contributed by atoms with Crippen molar-refractivity contribution in [3.63, 3.8) is 0 Å². The smallest absolute Gasteiger partial charge is 1.00 e. The van der Waals surface area contributed by atoms with Gasteiger partial charge in [0.15, 0.2) is 0 Å². The van der Waals surface area contributed by atoms with Crippen molar-refractivity contribution in [2.24, 2.45) is 0 Å². The SMILES string of the molecule is Brc1ccc2c(c1)-c1cc(Br)ccc1[CH]2[Zr+2]([C]1=CC=CC1)=[C]1CCCCC1.[Cl-].[Cl-]. The second-order valence-corrected chi connectivity index (χ2v) is 16.4. The van der Waals surface area contributed by atoms with Crippen molar-refractivity contribution < 1.29 is 46.1 Å². The maximum Gasteiger partial charge on any atom is -1.00 e. The summed E-state index contributed by atoms with van der Waals surface area (Å²) in [6, 6.07) is 14.0. The van der Waals surface area contributed by atoms with Crippen LogP contribution in [0.4, 0.5) is 0 Å². The quantitative estimate of drug-likeness (QED) is 0.475. The van der Waals surface area contributed by atoms with Gasteiger partial charge in [-0.2, -0.15) is 0 Å². The number of allylic oxidation sites excluding steroid dienone is 4. The van der Waals surface area contributed by atoms with Gasteiger partial charge in [0.2, 0.25) is 0 Å². The molecule has 150 valence electrons. The summed E-state index contributed by atoms with van der Waals surface area (Å²) in [5.74, 6) is 0. The van der Waals surface area contributed by atoms with E-state index in [4.69, 9.17) is 0 Å². The molecule has 0 radical (unpaired) electrons. The molecule has 2 aromatic carbocycles. The van der Waals surface area contributed by atoms with E-state index in [-0.39, 0.29) is 24.8 Å². The van der Waals surface area contributed by atoms with Crippen molar-refractivity contribution in [1.29, 1.82) is 0 Å². The molecule has 0 atom stereocenters. The number of halogens is 4. The van der Waals surface area contributed by atoms with Gasteiger partial charge >= 0.3 is 188 Å². The molecule has 0 bridgehead atoms. The van der Waals surface area contributed by atoms with Crippen molar-refractivity contribution in [1.82, 2.24) is 0 Å². The molecular weight excluding hydrogens is 610 g/mol. The van der Waals surface area contributed by atoms with Gasteiger partial charge in [0.1, 0.15) is 0 Å². The van der Waals surface area contributed by atoms with Crippen molar-refractivity contribution in [2.75, 3.05) is 0 Å². The number of hydrogen-bond donors (Lipinski definition) is 0. The van der Waals surface area contributed by atoms with Crippen LogP contribution in [0.1, 0.15) is 53.3 Å². The van der Waals surface area contributed by atoms with Crippen LogP contribution in [-0.4, -0.2) is 3.21 Å². The Morgan fingerprint density at radius 2 is 1.38 bits per heavy atom. The molecule has 0 N–H and O–H groups in total. The molecule has 0 saturated heterocycles. The average Bonchev–Trinajstić information content (AvgIpc) is 3.31. The van der Waals surface area contributed by atoms with Crippen molar-refractivity contribution in [2.45, 2.75) is 42.2 Å². The van der Waals surface area contributed by atoms with Crippen LogP contribution in [0, 0.1) is 0 Å². The van der Waals surface area contributed by atoms with E-state index in [9.17, 15) is 0 Å². The van der Waals surface area contributed by atoms with E-state index in [1.807, 2.05) is 6.49 Å². The predicted molar refractivity (Wildman–Crippen MR) is 119 cm³/mol. The second-order valence-electron chi connectivity index (χ2n) is 7.80. The van der Waals surface area contributed by atoms with Crippen LogP contribution >= 0.6 is 31.9 Å². The molecular formula is C24H22Br2Cl2Zr. The van der Waals surface area contributed by atoms with Crippen LogP contribution in [0.25, 0.3) is 11.1 Å². The zero-order valence-corrected chi connectivity index (χ0v) is 23.2. The molecule has 1 fully saturated rings. The molecule has 3 aliphatic carbocycles. The molecule has 29 heavy (non-hydrogen) atoms. The molecule has 0 spiro atoms. The number of hydrogen-bond acceptors (Lipinski definition) is 0. The van der Waals surface area contributed by atoms with Crippen LogP contribution in [0.5, 0.6) is 0 Å². The maximum atomic E-state index is 3.71. The van der Waals surface area contributed by atoms with E-state index in [1.165, 1.54) is 58.6 Å². The number of fused-ring (bicyclic) bond motifs is 3. The van der Waals surface area contributed by atoms with Gasteiger partial charge in [-0.3, -0.25) is 0 Å². The van der Waals surface area contributed by atoms with Crippen LogP contribution in [0.15, 0.2) is 66.9 Å². The Morgan fingerprint density at radius 3 is 1.90 bits per heavy atom. The van der Waals surface area contributed by atoms with Gasteiger partial charge in [0.05, 0.1) is 0 Å². The largest absolute Gasteiger partial charge is 1.00 e. The topological polar surface area (TPSA) is 0 Å². The summed E-state index contributed by atoms with van der Waals surface area (Å²) in [6.07, 6.45) is 15.4. The summed E-state index contributed by atoms with van der Waals surface area (Å²) in [6.45, 7) is 0. The van der Waals surface area contributed by atoms with Gasteiger partial charge in [0, 0.05) is 0 Å². The molecule has 5 rings (SSSR count). The summed E-state index contributed by atoms with van der Waals surface area (Å²) >= 11 is 5.44. The van der Waals surface area contributed by atoms with Crippen LogP contribution < -0.4 is 24.8 Å². The average molecular weight is 632 g/mol. The van der Waals surface area contributed by atoms with Gasteiger partial charge in [-0.1, -0.05) is 0 Å².